The van der Waals surface area contributed by atoms with Gasteiger partial charge >= 0.3 is 6.03 Å². The first-order valence-electron chi connectivity index (χ1n) is 6.67. The SMILES string of the molecule is O=C(NC[C@@H]1CCCO1)Nc1ccc2c(c1)COC2. The van der Waals surface area contributed by atoms with Crippen LogP contribution in [0.25, 0.3) is 0 Å². The van der Waals surface area contributed by atoms with Crippen LogP contribution in [0.2, 0.25) is 0 Å². The van der Waals surface area contributed by atoms with E-state index in [0.717, 1.165) is 30.7 Å². The summed E-state index contributed by atoms with van der Waals surface area (Å²) in [5.74, 6) is 0. The predicted molar refractivity (Wildman–Crippen MR) is 70.9 cm³/mol. The highest BCUT2D eigenvalue weighted by Crippen LogP contribution is 2.23. The van der Waals surface area contributed by atoms with E-state index in [9.17, 15) is 4.79 Å². The average molecular weight is 262 g/mol. The molecule has 0 radical (unpaired) electrons. The first kappa shape index (κ1) is 12.4. The summed E-state index contributed by atoms with van der Waals surface area (Å²) in [6.45, 7) is 2.67. The van der Waals surface area contributed by atoms with Crippen LogP contribution in [0.3, 0.4) is 0 Å². The number of amides is 2. The molecule has 2 heterocycles. The monoisotopic (exact) mass is 262 g/mol. The molecular formula is C14H18N2O3. The summed E-state index contributed by atoms with van der Waals surface area (Å²) in [5.41, 5.74) is 3.15. The lowest BCUT2D eigenvalue weighted by Crippen LogP contribution is -2.35. The van der Waals surface area contributed by atoms with E-state index in [0.29, 0.717) is 19.8 Å². The van der Waals surface area contributed by atoms with Crippen molar-refractivity contribution in [2.45, 2.75) is 32.2 Å². The molecule has 1 saturated heterocycles. The lowest BCUT2D eigenvalue weighted by Gasteiger charge is -2.12. The van der Waals surface area contributed by atoms with Gasteiger partial charge < -0.3 is 20.1 Å². The molecule has 2 N–H and O–H groups in total. The van der Waals surface area contributed by atoms with E-state index in [1.54, 1.807) is 0 Å². The smallest absolute Gasteiger partial charge is 0.319 e. The van der Waals surface area contributed by atoms with Gasteiger partial charge in [-0.3, -0.25) is 0 Å². The molecule has 19 heavy (non-hydrogen) atoms. The molecular weight excluding hydrogens is 244 g/mol. The number of hydrogen-bond acceptors (Lipinski definition) is 3. The molecule has 0 bridgehead atoms. The zero-order valence-corrected chi connectivity index (χ0v) is 10.8. The Morgan fingerprint density at radius 2 is 2.21 bits per heavy atom. The van der Waals surface area contributed by atoms with Crippen LogP contribution in [0, 0.1) is 0 Å². The number of carbonyl (C=O) groups excluding carboxylic acids is 1. The number of benzene rings is 1. The molecule has 0 spiro atoms. The molecule has 5 heteroatoms. The van der Waals surface area contributed by atoms with Gasteiger partial charge in [0.15, 0.2) is 0 Å². The third kappa shape index (κ3) is 3.05. The Balaban J connectivity index is 1.51. The van der Waals surface area contributed by atoms with E-state index in [1.165, 1.54) is 5.56 Å². The second-order valence-corrected chi connectivity index (χ2v) is 4.95. The first-order chi connectivity index (χ1) is 9.31. The Hall–Kier alpha value is -1.59. The van der Waals surface area contributed by atoms with Crippen LogP contribution < -0.4 is 10.6 Å². The van der Waals surface area contributed by atoms with Gasteiger partial charge in [-0.2, -0.15) is 0 Å². The fraction of sp³-hybridized carbons (Fsp3) is 0.500. The summed E-state index contributed by atoms with van der Waals surface area (Å²) in [4.78, 5) is 11.8. The van der Waals surface area contributed by atoms with Crippen molar-refractivity contribution in [2.75, 3.05) is 18.5 Å². The van der Waals surface area contributed by atoms with Crippen molar-refractivity contribution in [3.63, 3.8) is 0 Å². The van der Waals surface area contributed by atoms with E-state index in [4.69, 9.17) is 9.47 Å². The highest BCUT2D eigenvalue weighted by Gasteiger charge is 2.16. The summed E-state index contributed by atoms with van der Waals surface area (Å²) in [7, 11) is 0. The van der Waals surface area contributed by atoms with Crippen LogP contribution >= 0.6 is 0 Å². The normalized spacial score (nSPS) is 21.2. The summed E-state index contributed by atoms with van der Waals surface area (Å²) < 4.78 is 10.8. The molecule has 1 fully saturated rings. The lowest BCUT2D eigenvalue weighted by atomic mass is 10.1. The Morgan fingerprint density at radius 1 is 1.32 bits per heavy atom. The zero-order chi connectivity index (χ0) is 13.1. The van der Waals surface area contributed by atoms with Gasteiger partial charge in [-0.25, -0.2) is 4.79 Å². The molecule has 0 aromatic heterocycles. The highest BCUT2D eigenvalue weighted by molar-refractivity contribution is 5.89. The molecule has 2 aliphatic rings. The molecule has 3 rings (SSSR count). The third-order valence-corrected chi connectivity index (χ3v) is 3.49. The van der Waals surface area contributed by atoms with Gasteiger partial charge in [0.1, 0.15) is 0 Å². The quantitative estimate of drug-likeness (QED) is 0.876. The van der Waals surface area contributed by atoms with Gasteiger partial charge in [-0.1, -0.05) is 6.07 Å². The molecule has 5 nitrogen and oxygen atoms in total. The van der Waals surface area contributed by atoms with Gasteiger partial charge in [0.2, 0.25) is 0 Å². The molecule has 1 atom stereocenters. The van der Waals surface area contributed by atoms with Gasteiger partial charge in [-0.15, -0.1) is 0 Å². The molecule has 0 unspecified atom stereocenters. The van der Waals surface area contributed by atoms with Crippen LogP contribution in [-0.2, 0) is 22.7 Å². The van der Waals surface area contributed by atoms with Crippen molar-refractivity contribution in [2.24, 2.45) is 0 Å². The predicted octanol–water partition coefficient (Wildman–Crippen LogP) is 2.02. The maximum atomic E-state index is 11.8. The number of ether oxygens (including phenoxy) is 2. The minimum atomic E-state index is -0.186. The summed E-state index contributed by atoms with van der Waals surface area (Å²) in [6, 6.07) is 5.68. The standard InChI is InChI=1S/C14H18N2O3/c17-14(15-7-13-2-1-5-19-13)16-12-4-3-10-8-18-9-11(10)6-12/h3-4,6,13H,1-2,5,7-9H2,(H2,15,16,17)/t13-/m0/s1. The molecule has 1 aromatic rings. The number of urea groups is 1. The van der Waals surface area contributed by atoms with E-state index in [-0.39, 0.29) is 12.1 Å². The maximum absolute atomic E-state index is 11.8. The fourth-order valence-electron chi connectivity index (χ4n) is 2.44. The molecule has 1 aromatic carbocycles. The van der Waals surface area contributed by atoms with Crippen molar-refractivity contribution >= 4 is 11.7 Å². The topological polar surface area (TPSA) is 59.6 Å². The molecule has 0 aliphatic carbocycles. The lowest BCUT2D eigenvalue weighted by molar-refractivity contribution is 0.112. The first-order valence-corrected chi connectivity index (χ1v) is 6.67. The summed E-state index contributed by atoms with van der Waals surface area (Å²) in [5, 5.41) is 5.67. The molecule has 2 aliphatic heterocycles. The Morgan fingerprint density at radius 3 is 3.05 bits per heavy atom. The van der Waals surface area contributed by atoms with Crippen LogP contribution in [0.4, 0.5) is 10.5 Å². The van der Waals surface area contributed by atoms with Crippen LogP contribution in [0.5, 0.6) is 0 Å². The molecule has 102 valence electrons. The van der Waals surface area contributed by atoms with E-state index in [1.807, 2.05) is 18.2 Å². The fourth-order valence-corrected chi connectivity index (χ4v) is 2.44. The maximum Gasteiger partial charge on any atom is 0.319 e. The van der Waals surface area contributed by atoms with Crippen LogP contribution in [0.15, 0.2) is 18.2 Å². The van der Waals surface area contributed by atoms with Gasteiger partial charge in [0, 0.05) is 18.8 Å². The molecule has 0 saturated carbocycles. The Bertz CT molecular complexity index is 470. The molecule has 2 amide bonds. The Kier molecular flexibility index (Phi) is 3.66. The van der Waals surface area contributed by atoms with Crippen molar-refractivity contribution in [3.05, 3.63) is 29.3 Å². The number of anilines is 1. The highest BCUT2D eigenvalue weighted by atomic mass is 16.5. The third-order valence-electron chi connectivity index (χ3n) is 3.49. The number of rotatable bonds is 3. The largest absolute Gasteiger partial charge is 0.376 e. The second kappa shape index (κ2) is 5.59. The van der Waals surface area contributed by atoms with E-state index < -0.39 is 0 Å². The van der Waals surface area contributed by atoms with Crippen molar-refractivity contribution < 1.29 is 14.3 Å². The average Bonchev–Trinajstić information content (AvgIpc) is 3.07. The van der Waals surface area contributed by atoms with Crippen molar-refractivity contribution in [3.8, 4) is 0 Å². The van der Waals surface area contributed by atoms with Crippen LogP contribution in [0.1, 0.15) is 24.0 Å². The van der Waals surface area contributed by atoms with Gasteiger partial charge in [0.25, 0.3) is 0 Å². The van der Waals surface area contributed by atoms with E-state index in [2.05, 4.69) is 10.6 Å². The number of carbonyl (C=O) groups is 1. The number of fused-ring (bicyclic) bond motifs is 1. The van der Waals surface area contributed by atoms with E-state index >= 15 is 0 Å². The second-order valence-electron chi connectivity index (χ2n) is 4.95. The number of hydrogen-bond donors (Lipinski definition) is 2. The van der Waals surface area contributed by atoms with Crippen molar-refractivity contribution in [1.82, 2.24) is 5.32 Å². The Labute approximate surface area is 112 Å². The minimum absolute atomic E-state index is 0.166. The summed E-state index contributed by atoms with van der Waals surface area (Å²) >= 11 is 0. The van der Waals surface area contributed by atoms with Gasteiger partial charge in [-0.05, 0) is 36.1 Å². The minimum Gasteiger partial charge on any atom is -0.376 e. The van der Waals surface area contributed by atoms with Gasteiger partial charge in [0.05, 0.1) is 19.3 Å². The van der Waals surface area contributed by atoms with Crippen molar-refractivity contribution in [1.29, 1.82) is 0 Å². The van der Waals surface area contributed by atoms with Crippen LogP contribution in [-0.4, -0.2) is 25.3 Å². The summed E-state index contributed by atoms with van der Waals surface area (Å²) in [6.07, 6.45) is 2.27. The number of nitrogens with one attached hydrogen (secondary N) is 2. The zero-order valence-electron chi connectivity index (χ0n) is 10.8.